The van der Waals surface area contributed by atoms with Gasteiger partial charge in [-0.1, -0.05) is 6.92 Å². The van der Waals surface area contributed by atoms with Crippen LogP contribution in [0.2, 0.25) is 0 Å². The quantitative estimate of drug-likeness (QED) is 0.557. The summed E-state index contributed by atoms with van der Waals surface area (Å²) in [5, 5.41) is 0. The molecule has 0 radical (unpaired) electrons. The minimum atomic E-state index is 0.132. The molecule has 3 heteroatoms. The molecular weight excluding hydrogens is 192 g/mol. The summed E-state index contributed by atoms with van der Waals surface area (Å²) in [7, 11) is 0. The Bertz CT molecular complexity index is 137. The van der Waals surface area contributed by atoms with Crippen LogP contribution in [0.15, 0.2) is 0 Å². The highest BCUT2D eigenvalue weighted by atomic mass is 16.6. The van der Waals surface area contributed by atoms with Gasteiger partial charge in [-0.15, -0.1) is 0 Å². The molecule has 0 saturated heterocycles. The third kappa shape index (κ3) is 10.2. The van der Waals surface area contributed by atoms with E-state index >= 15 is 0 Å². The number of rotatable bonds is 9. The van der Waals surface area contributed by atoms with Crippen LogP contribution in [-0.2, 0) is 14.2 Å². The predicted molar refractivity (Wildman–Crippen MR) is 62.2 cm³/mol. The highest BCUT2D eigenvalue weighted by molar-refractivity contribution is 4.54. The largest absolute Gasteiger partial charge is 0.379 e. The molecule has 0 aliphatic heterocycles. The first-order chi connectivity index (χ1) is 7.06. The van der Waals surface area contributed by atoms with E-state index < -0.39 is 0 Å². The van der Waals surface area contributed by atoms with Crippen molar-refractivity contribution in [2.75, 3.05) is 19.8 Å². The molecule has 0 aromatic carbocycles. The molecule has 0 rings (SSSR count). The Kier molecular flexibility index (Phi) is 9.06. The SMILES string of the molecule is CCCOCC(C)OC(C)COC(C)C. The topological polar surface area (TPSA) is 27.7 Å². The Morgan fingerprint density at radius 1 is 0.933 bits per heavy atom. The molecule has 2 unspecified atom stereocenters. The number of hydrogen-bond donors (Lipinski definition) is 0. The van der Waals surface area contributed by atoms with Gasteiger partial charge in [-0.25, -0.2) is 0 Å². The molecule has 0 bridgehead atoms. The Hall–Kier alpha value is -0.120. The van der Waals surface area contributed by atoms with Gasteiger partial charge in [0.15, 0.2) is 0 Å². The summed E-state index contributed by atoms with van der Waals surface area (Å²) in [4.78, 5) is 0. The average molecular weight is 218 g/mol. The van der Waals surface area contributed by atoms with E-state index in [9.17, 15) is 0 Å². The van der Waals surface area contributed by atoms with Crippen LogP contribution in [0, 0.1) is 0 Å². The molecule has 0 heterocycles. The van der Waals surface area contributed by atoms with Crippen LogP contribution in [0.3, 0.4) is 0 Å². The maximum atomic E-state index is 5.70. The van der Waals surface area contributed by atoms with E-state index in [1.54, 1.807) is 0 Å². The average Bonchev–Trinajstić information content (AvgIpc) is 2.15. The van der Waals surface area contributed by atoms with E-state index in [-0.39, 0.29) is 18.3 Å². The summed E-state index contributed by atoms with van der Waals surface area (Å²) in [6, 6.07) is 0. The van der Waals surface area contributed by atoms with Crippen LogP contribution in [0.1, 0.15) is 41.0 Å². The molecule has 0 aromatic heterocycles. The van der Waals surface area contributed by atoms with Crippen LogP contribution >= 0.6 is 0 Å². The fourth-order valence-electron chi connectivity index (χ4n) is 1.20. The Morgan fingerprint density at radius 2 is 1.53 bits per heavy atom. The fraction of sp³-hybridized carbons (Fsp3) is 1.00. The van der Waals surface area contributed by atoms with Crippen LogP contribution in [0.25, 0.3) is 0 Å². The molecule has 0 amide bonds. The highest BCUT2D eigenvalue weighted by Gasteiger charge is 2.09. The molecule has 0 aliphatic rings. The summed E-state index contributed by atoms with van der Waals surface area (Å²) >= 11 is 0. The maximum absolute atomic E-state index is 5.70. The van der Waals surface area contributed by atoms with Gasteiger partial charge in [-0.2, -0.15) is 0 Å². The maximum Gasteiger partial charge on any atom is 0.0785 e. The standard InChI is InChI=1S/C12H26O3/c1-6-7-13-8-11(4)15-12(5)9-14-10(2)3/h10-12H,6-9H2,1-5H3. The second-order valence-electron chi connectivity index (χ2n) is 4.21. The van der Waals surface area contributed by atoms with E-state index in [0.717, 1.165) is 13.0 Å². The molecule has 0 saturated carbocycles. The van der Waals surface area contributed by atoms with E-state index in [0.29, 0.717) is 13.2 Å². The summed E-state index contributed by atoms with van der Waals surface area (Å²) in [6.45, 7) is 12.3. The van der Waals surface area contributed by atoms with Crippen LogP contribution in [0.5, 0.6) is 0 Å². The van der Waals surface area contributed by atoms with Gasteiger partial charge >= 0.3 is 0 Å². The zero-order valence-corrected chi connectivity index (χ0v) is 10.8. The van der Waals surface area contributed by atoms with Crippen molar-refractivity contribution in [3.05, 3.63) is 0 Å². The van der Waals surface area contributed by atoms with Crippen LogP contribution < -0.4 is 0 Å². The molecule has 0 aliphatic carbocycles. The van der Waals surface area contributed by atoms with Crippen molar-refractivity contribution in [3.8, 4) is 0 Å². The van der Waals surface area contributed by atoms with Gasteiger partial charge in [0.1, 0.15) is 0 Å². The van der Waals surface area contributed by atoms with Crippen LogP contribution in [-0.4, -0.2) is 38.1 Å². The minimum Gasteiger partial charge on any atom is -0.379 e. The minimum absolute atomic E-state index is 0.132. The third-order valence-corrected chi connectivity index (χ3v) is 1.83. The Labute approximate surface area is 94.1 Å². The van der Waals surface area contributed by atoms with E-state index in [1.165, 1.54) is 0 Å². The van der Waals surface area contributed by atoms with Gasteiger partial charge in [0, 0.05) is 6.61 Å². The van der Waals surface area contributed by atoms with E-state index in [2.05, 4.69) is 6.92 Å². The predicted octanol–water partition coefficient (Wildman–Crippen LogP) is 2.63. The molecule has 0 fully saturated rings. The summed E-state index contributed by atoms with van der Waals surface area (Å²) in [5.74, 6) is 0. The summed E-state index contributed by atoms with van der Waals surface area (Å²) in [5.41, 5.74) is 0. The van der Waals surface area contributed by atoms with Gasteiger partial charge in [-0.05, 0) is 34.1 Å². The summed E-state index contributed by atoms with van der Waals surface area (Å²) < 4.78 is 16.6. The summed E-state index contributed by atoms with van der Waals surface area (Å²) in [6.07, 6.45) is 1.59. The van der Waals surface area contributed by atoms with Gasteiger partial charge < -0.3 is 14.2 Å². The first-order valence-electron chi connectivity index (χ1n) is 5.91. The van der Waals surface area contributed by atoms with Crippen molar-refractivity contribution in [2.45, 2.75) is 59.4 Å². The van der Waals surface area contributed by atoms with Crippen LogP contribution in [0.4, 0.5) is 0 Å². The molecule has 2 atom stereocenters. The molecule has 3 nitrogen and oxygen atoms in total. The van der Waals surface area contributed by atoms with Crippen molar-refractivity contribution in [3.63, 3.8) is 0 Å². The first kappa shape index (κ1) is 14.9. The monoisotopic (exact) mass is 218 g/mol. The van der Waals surface area contributed by atoms with Crippen molar-refractivity contribution in [2.24, 2.45) is 0 Å². The smallest absolute Gasteiger partial charge is 0.0785 e. The zero-order chi connectivity index (χ0) is 11.7. The Morgan fingerprint density at radius 3 is 2.07 bits per heavy atom. The molecule has 15 heavy (non-hydrogen) atoms. The van der Waals surface area contributed by atoms with E-state index in [1.807, 2.05) is 27.7 Å². The third-order valence-electron chi connectivity index (χ3n) is 1.83. The van der Waals surface area contributed by atoms with E-state index in [4.69, 9.17) is 14.2 Å². The molecule has 92 valence electrons. The van der Waals surface area contributed by atoms with Crippen molar-refractivity contribution >= 4 is 0 Å². The Balaban J connectivity index is 3.44. The number of hydrogen-bond acceptors (Lipinski definition) is 3. The second kappa shape index (κ2) is 9.13. The normalized spacial score (nSPS) is 15.6. The van der Waals surface area contributed by atoms with Gasteiger partial charge in [0.2, 0.25) is 0 Å². The lowest BCUT2D eigenvalue weighted by Crippen LogP contribution is -2.26. The molecule has 0 aromatic rings. The first-order valence-corrected chi connectivity index (χ1v) is 5.91. The van der Waals surface area contributed by atoms with Gasteiger partial charge in [-0.3, -0.25) is 0 Å². The lowest BCUT2D eigenvalue weighted by molar-refractivity contribution is -0.0791. The highest BCUT2D eigenvalue weighted by Crippen LogP contribution is 2.01. The molecule has 0 N–H and O–H groups in total. The van der Waals surface area contributed by atoms with Crippen molar-refractivity contribution in [1.29, 1.82) is 0 Å². The molecular formula is C12H26O3. The van der Waals surface area contributed by atoms with Crippen molar-refractivity contribution in [1.82, 2.24) is 0 Å². The zero-order valence-electron chi connectivity index (χ0n) is 10.8. The molecule has 0 spiro atoms. The fourth-order valence-corrected chi connectivity index (χ4v) is 1.20. The second-order valence-corrected chi connectivity index (χ2v) is 4.21. The van der Waals surface area contributed by atoms with Gasteiger partial charge in [0.25, 0.3) is 0 Å². The van der Waals surface area contributed by atoms with Gasteiger partial charge in [0.05, 0.1) is 31.5 Å². The number of ether oxygens (including phenoxy) is 3. The lowest BCUT2D eigenvalue weighted by atomic mass is 10.3. The van der Waals surface area contributed by atoms with Crippen molar-refractivity contribution < 1.29 is 14.2 Å². The lowest BCUT2D eigenvalue weighted by Gasteiger charge is -2.20.